The van der Waals surface area contributed by atoms with E-state index in [2.05, 4.69) is 50.5 Å². The van der Waals surface area contributed by atoms with Crippen LogP contribution in [0.4, 0.5) is 22.1 Å². The van der Waals surface area contributed by atoms with Crippen LogP contribution in [0.1, 0.15) is 6.92 Å². The SMILES string of the molecule is CCNC(=O)N(S)c1ccc2ncc(Nc3ccccc3-c3ccccc3)nc2n1. The Kier molecular flexibility index (Phi) is 5.76. The summed E-state index contributed by atoms with van der Waals surface area (Å²) in [6, 6.07) is 21.2. The summed E-state index contributed by atoms with van der Waals surface area (Å²) in [6.07, 6.45) is 1.66. The van der Waals surface area contributed by atoms with Crippen LogP contribution in [0.15, 0.2) is 72.9 Å². The molecule has 0 aliphatic rings. The largest absolute Gasteiger partial charge is 0.338 e. The third kappa shape index (κ3) is 4.18. The highest BCUT2D eigenvalue weighted by molar-refractivity contribution is 7.82. The number of amides is 2. The third-order valence-corrected chi connectivity index (χ3v) is 4.79. The van der Waals surface area contributed by atoms with Crippen LogP contribution < -0.4 is 14.9 Å². The van der Waals surface area contributed by atoms with Crippen LogP contribution in [-0.2, 0) is 0 Å². The number of pyridine rings is 1. The van der Waals surface area contributed by atoms with Gasteiger partial charge in [0.15, 0.2) is 11.5 Å². The molecule has 0 saturated carbocycles. The van der Waals surface area contributed by atoms with E-state index in [0.29, 0.717) is 29.3 Å². The van der Waals surface area contributed by atoms with Crippen LogP contribution in [0.5, 0.6) is 0 Å². The number of anilines is 3. The zero-order valence-corrected chi connectivity index (χ0v) is 17.2. The molecule has 2 N–H and O–H groups in total. The molecule has 0 saturated heterocycles. The lowest BCUT2D eigenvalue weighted by Gasteiger charge is -2.15. The maximum Gasteiger partial charge on any atom is 0.333 e. The first kappa shape index (κ1) is 19.7. The van der Waals surface area contributed by atoms with E-state index >= 15 is 0 Å². The highest BCUT2D eigenvalue weighted by Crippen LogP contribution is 2.29. The number of urea groups is 1. The zero-order valence-electron chi connectivity index (χ0n) is 16.3. The number of thiol groups is 1. The predicted octanol–water partition coefficient (Wildman–Crippen LogP) is 4.82. The van der Waals surface area contributed by atoms with Crippen molar-refractivity contribution in [1.82, 2.24) is 20.3 Å². The van der Waals surface area contributed by atoms with E-state index < -0.39 is 0 Å². The van der Waals surface area contributed by atoms with Crippen molar-refractivity contribution in [2.75, 3.05) is 16.2 Å². The summed E-state index contributed by atoms with van der Waals surface area (Å²) in [6.45, 7) is 2.34. The predicted molar refractivity (Wildman–Crippen MR) is 123 cm³/mol. The Morgan fingerprint density at radius 3 is 2.57 bits per heavy atom. The van der Waals surface area contributed by atoms with Gasteiger partial charge in [0.05, 0.1) is 6.20 Å². The molecule has 0 aliphatic carbocycles. The molecule has 0 fully saturated rings. The molecule has 4 aromatic rings. The van der Waals surface area contributed by atoms with Crippen molar-refractivity contribution in [2.45, 2.75) is 6.92 Å². The molecule has 2 aromatic heterocycles. The lowest BCUT2D eigenvalue weighted by molar-refractivity contribution is 0.250. The molecule has 150 valence electrons. The fourth-order valence-corrected chi connectivity index (χ4v) is 3.18. The highest BCUT2D eigenvalue weighted by Gasteiger charge is 2.14. The van der Waals surface area contributed by atoms with Gasteiger partial charge >= 0.3 is 6.03 Å². The van der Waals surface area contributed by atoms with E-state index in [-0.39, 0.29) is 6.03 Å². The van der Waals surface area contributed by atoms with E-state index in [4.69, 9.17) is 0 Å². The zero-order chi connectivity index (χ0) is 20.9. The third-order valence-electron chi connectivity index (χ3n) is 4.40. The minimum Gasteiger partial charge on any atom is -0.338 e. The Hall–Kier alpha value is -3.65. The highest BCUT2D eigenvalue weighted by atomic mass is 32.1. The summed E-state index contributed by atoms with van der Waals surface area (Å²) < 4.78 is 1.15. The maximum atomic E-state index is 12.0. The number of fused-ring (bicyclic) bond motifs is 1. The van der Waals surface area contributed by atoms with Crippen molar-refractivity contribution >= 4 is 47.3 Å². The van der Waals surface area contributed by atoms with Gasteiger partial charge in [-0.05, 0) is 30.7 Å². The number of nitrogens with one attached hydrogen (secondary N) is 2. The van der Waals surface area contributed by atoms with E-state index in [1.807, 2.05) is 49.4 Å². The van der Waals surface area contributed by atoms with E-state index in [0.717, 1.165) is 21.1 Å². The van der Waals surface area contributed by atoms with Crippen molar-refractivity contribution in [2.24, 2.45) is 0 Å². The number of para-hydroxylation sites is 1. The number of benzene rings is 2. The number of carbonyl (C=O) groups excluding carboxylic acids is 1. The quantitative estimate of drug-likeness (QED) is 0.407. The normalized spacial score (nSPS) is 10.6. The molecule has 8 heteroatoms. The van der Waals surface area contributed by atoms with Gasteiger partial charge in [0.25, 0.3) is 0 Å². The molecule has 30 heavy (non-hydrogen) atoms. The van der Waals surface area contributed by atoms with Gasteiger partial charge in [-0.2, -0.15) is 0 Å². The molecule has 0 aliphatic heterocycles. The van der Waals surface area contributed by atoms with Crippen LogP contribution >= 0.6 is 12.8 Å². The molecule has 0 unspecified atom stereocenters. The fraction of sp³-hybridized carbons (Fsp3) is 0.0909. The minimum atomic E-state index is -0.355. The van der Waals surface area contributed by atoms with Crippen LogP contribution in [0.2, 0.25) is 0 Å². The first-order chi connectivity index (χ1) is 14.7. The van der Waals surface area contributed by atoms with Gasteiger partial charge < -0.3 is 10.6 Å². The average Bonchev–Trinajstić information content (AvgIpc) is 2.79. The molecular weight excluding hydrogens is 396 g/mol. The molecule has 0 atom stereocenters. The molecule has 0 radical (unpaired) electrons. The molecule has 0 spiro atoms. The summed E-state index contributed by atoms with van der Waals surface area (Å²) in [5.74, 6) is 0.923. The average molecular weight is 417 g/mol. The molecule has 4 rings (SSSR count). The van der Waals surface area contributed by atoms with Crippen LogP contribution in [0.3, 0.4) is 0 Å². The number of hydrogen-bond donors (Lipinski definition) is 3. The lowest BCUT2D eigenvalue weighted by Crippen LogP contribution is -2.34. The van der Waals surface area contributed by atoms with Gasteiger partial charge in [-0.15, -0.1) is 0 Å². The van der Waals surface area contributed by atoms with Crippen molar-refractivity contribution < 1.29 is 4.79 Å². The van der Waals surface area contributed by atoms with Gasteiger partial charge in [0.1, 0.15) is 11.3 Å². The monoisotopic (exact) mass is 416 g/mol. The number of carbonyl (C=O) groups is 1. The van der Waals surface area contributed by atoms with E-state index in [1.54, 1.807) is 18.3 Å². The lowest BCUT2D eigenvalue weighted by atomic mass is 10.0. The smallest absolute Gasteiger partial charge is 0.333 e. The Morgan fingerprint density at radius 2 is 1.77 bits per heavy atom. The molecule has 2 heterocycles. The van der Waals surface area contributed by atoms with Crippen molar-refractivity contribution in [3.63, 3.8) is 0 Å². The van der Waals surface area contributed by atoms with Gasteiger partial charge in [0.2, 0.25) is 0 Å². The summed E-state index contributed by atoms with van der Waals surface area (Å²) in [5.41, 5.74) is 4.10. The second-order valence-electron chi connectivity index (χ2n) is 6.45. The van der Waals surface area contributed by atoms with Crippen LogP contribution in [-0.4, -0.2) is 27.5 Å². The molecule has 7 nitrogen and oxygen atoms in total. The van der Waals surface area contributed by atoms with E-state index in [1.165, 1.54) is 0 Å². The molecular formula is C22H20N6OS. The molecule has 0 bridgehead atoms. The van der Waals surface area contributed by atoms with Gasteiger partial charge in [-0.25, -0.2) is 24.1 Å². The van der Waals surface area contributed by atoms with Crippen molar-refractivity contribution in [3.05, 3.63) is 72.9 Å². The summed E-state index contributed by atoms with van der Waals surface area (Å²) in [4.78, 5) is 25.5. The first-order valence-electron chi connectivity index (χ1n) is 9.48. The second kappa shape index (κ2) is 8.79. The fourth-order valence-electron chi connectivity index (χ4n) is 3.00. The number of hydrogen-bond acceptors (Lipinski definition) is 6. The topological polar surface area (TPSA) is 83.0 Å². The van der Waals surface area contributed by atoms with Gasteiger partial charge in [-0.3, -0.25) is 0 Å². The Morgan fingerprint density at radius 1 is 1.00 bits per heavy atom. The summed E-state index contributed by atoms with van der Waals surface area (Å²) in [5, 5.41) is 6.01. The number of aromatic nitrogens is 3. The van der Waals surface area contributed by atoms with Gasteiger partial charge in [0, 0.05) is 17.8 Å². The molecule has 2 aromatic carbocycles. The van der Waals surface area contributed by atoms with Gasteiger partial charge in [-0.1, -0.05) is 61.3 Å². The first-order valence-corrected chi connectivity index (χ1v) is 9.88. The minimum absolute atomic E-state index is 0.355. The summed E-state index contributed by atoms with van der Waals surface area (Å²) >= 11 is 4.23. The van der Waals surface area contributed by atoms with Crippen LogP contribution in [0, 0.1) is 0 Å². The Labute approximate surface area is 179 Å². The Bertz CT molecular complexity index is 1180. The standard InChI is InChI=1S/C22H20N6OS/c1-2-23-22(29)28(30)20-13-12-18-21(27-20)26-19(14-24-18)25-17-11-7-6-10-16(17)15-8-4-3-5-9-15/h3-14,30H,2H2,1H3,(H,23,29)(H,25,26,27). The van der Waals surface area contributed by atoms with E-state index in [9.17, 15) is 4.79 Å². The number of rotatable bonds is 5. The van der Waals surface area contributed by atoms with Crippen LogP contribution in [0.25, 0.3) is 22.3 Å². The Balaban J connectivity index is 1.65. The van der Waals surface area contributed by atoms with Crippen molar-refractivity contribution in [3.8, 4) is 11.1 Å². The summed E-state index contributed by atoms with van der Waals surface area (Å²) in [7, 11) is 0. The number of nitrogens with zero attached hydrogens (tertiary/aromatic N) is 4. The maximum absolute atomic E-state index is 12.0. The molecule has 2 amide bonds. The van der Waals surface area contributed by atoms with Crippen molar-refractivity contribution in [1.29, 1.82) is 0 Å². The second-order valence-corrected chi connectivity index (χ2v) is 6.85.